The molecule has 0 unspecified atom stereocenters. The van der Waals surface area contributed by atoms with Crippen LogP contribution in [0.15, 0.2) is 0 Å². The van der Waals surface area contributed by atoms with Crippen LogP contribution in [0.2, 0.25) is 0 Å². The molecule has 0 rings (SSSR count). The van der Waals surface area contributed by atoms with E-state index in [4.69, 9.17) is 9.84 Å². The summed E-state index contributed by atoms with van der Waals surface area (Å²) in [5, 5.41) is 8.90. The van der Waals surface area contributed by atoms with Crippen LogP contribution in [0, 0.1) is 0 Å². The Labute approximate surface area is 96.4 Å². The quantitative estimate of drug-likeness (QED) is 0.718. The third-order valence-electron chi connectivity index (χ3n) is 1.95. The Morgan fingerprint density at radius 2 is 1.81 bits per heavy atom. The Morgan fingerprint density at radius 1 is 1.31 bits per heavy atom. The molecule has 0 bridgehead atoms. The highest BCUT2D eigenvalue weighted by molar-refractivity contribution is 5.75. The second kappa shape index (κ2) is 5.84. The van der Waals surface area contributed by atoms with Crippen LogP contribution < -0.4 is 0 Å². The van der Waals surface area contributed by atoms with E-state index >= 15 is 0 Å². The summed E-state index contributed by atoms with van der Waals surface area (Å²) in [5.74, 6) is -1.28. The van der Waals surface area contributed by atoms with Gasteiger partial charge in [0.1, 0.15) is 11.6 Å². The lowest BCUT2D eigenvalue weighted by Crippen LogP contribution is -2.36. The molecule has 0 aromatic carbocycles. The first-order chi connectivity index (χ1) is 7.13. The highest BCUT2D eigenvalue weighted by Gasteiger charge is 2.23. The number of esters is 1. The van der Waals surface area contributed by atoms with E-state index in [1.807, 2.05) is 0 Å². The smallest absolute Gasteiger partial charge is 0.320 e. The third-order valence-corrected chi connectivity index (χ3v) is 1.95. The molecular weight excluding hydrogens is 210 g/mol. The van der Waals surface area contributed by atoms with Gasteiger partial charge >= 0.3 is 11.9 Å². The monoisotopic (exact) mass is 231 g/mol. The minimum Gasteiger partial charge on any atom is -0.480 e. The zero-order chi connectivity index (χ0) is 12.9. The SMILES string of the molecule is CN(C)[C@H](CCC(=O)OC(C)(C)C)C(=O)O. The number of carboxylic acid groups (broad SMARTS) is 1. The van der Waals surface area contributed by atoms with E-state index in [1.165, 1.54) is 0 Å². The van der Waals surface area contributed by atoms with Gasteiger partial charge < -0.3 is 9.84 Å². The zero-order valence-corrected chi connectivity index (χ0v) is 10.6. The standard InChI is InChI=1S/C11H21NO4/c1-11(2,3)16-9(13)7-6-8(10(14)15)12(4)5/h8H,6-7H2,1-5H3,(H,14,15)/t8-/m1/s1. The molecule has 0 aliphatic rings. The molecule has 5 nitrogen and oxygen atoms in total. The molecule has 0 amide bonds. The lowest BCUT2D eigenvalue weighted by molar-refractivity contribution is -0.155. The van der Waals surface area contributed by atoms with Crippen molar-refractivity contribution in [3.8, 4) is 0 Å². The zero-order valence-electron chi connectivity index (χ0n) is 10.6. The third kappa shape index (κ3) is 6.40. The van der Waals surface area contributed by atoms with Gasteiger partial charge in [-0.3, -0.25) is 14.5 Å². The molecule has 0 aromatic rings. The van der Waals surface area contributed by atoms with Crippen molar-refractivity contribution in [1.29, 1.82) is 0 Å². The van der Waals surface area contributed by atoms with Crippen molar-refractivity contribution >= 4 is 11.9 Å². The summed E-state index contributed by atoms with van der Waals surface area (Å²) in [6, 6.07) is -0.646. The Kier molecular flexibility index (Phi) is 5.44. The molecular formula is C11H21NO4. The molecule has 94 valence electrons. The highest BCUT2D eigenvalue weighted by atomic mass is 16.6. The first kappa shape index (κ1) is 14.9. The molecule has 0 saturated heterocycles. The number of carbonyl (C=O) groups excluding carboxylic acids is 1. The van der Waals surface area contributed by atoms with Gasteiger partial charge in [0.2, 0.25) is 0 Å². The largest absolute Gasteiger partial charge is 0.480 e. The Bertz CT molecular complexity index is 255. The van der Waals surface area contributed by atoms with Crippen LogP contribution in [0.1, 0.15) is 33.6 Å². The summed E-state index contributed by atoms with van der Waals surface area (Å²) in [4.78, 5) is 23.8. The molecule has 0 aliphatic carbocycles. The number of likely N-dealkylation sites (N-methyl/N-ethyl adjacent to an activating group) is 1. The van der Waals surface area contributed by atoms with E-state index < -0.39 is 17.6 Å². The number of ether oxygens (including phenoxy) is 1. The van der Waals surface area contributed by atoms with Gasteiger partial charge in [-0.25, -0.2) is 0 Å². The van der Waals surface area contributed by atoms with Crippen molar-refractivity contribution in [1.82, 2.24) is 4.90 Å². The van der Waals surface area contributed by atoms with Crippen LogP contribution in [0.3, 0.4) is 0 Å². The molecule has 0 aliphatic heterocycles. The number of carboxylic acids is 1. The predicted octanol–water partition coefficient (Wildman–Crippen LogP) is 1.12. The van der Waals surface area contributed by atoms with Crippen molar-refractivity contribution in [2.75, 3.05) is 14.1 Å². The minimum absolute atomic E-state index is 0.117. The number of hydrogen-bond acceptors (Lipinski definition) is 4. The average molecular weight is 231 g/mol. The Hall–Kier alpha value is -1.10. The van der Waals surface area contributed by atoms with Crippen molar-refractivity contribution in [3.05, 3.63) is 0 Å². The van der Waals surface area contributed by atoms with Gasteiger partial charge in [0, 0.05) is 6.42 Å². The molecule has 0 heterocycles. The number of carbonyl (C=O) groups is 2. The number of aliphatic carboxylic acids is 1. The maximum absolute atomic E-state index is 11.4. The van der Waals surface area contributed by atoms with Gasteiger partial charge in [0.05, 0.1) is 0 Å². The summed E-state index contributed by atoms with van der Waals surface area (Å²) >= 11 is 0. The van der Waals surface area contributed by atoms with E-state index in [0.717, 1.165) is 0 Å². The fourth-order valence-electron chi connectivity index (χ4n) is 1.25. The summed E-state index contributed by atoms with van der Waals surface area (Å²) in [6.07, 6.45) is 0.379. The summed E-state index contributed by atoms with van der Waals surface area (Å²) in [6.45, 7) is 5.35. The molecule has 16 heavy (non-hydrogen) atoms. The van der Waals surface area contributed by atoms with E-state index in [0.29, 0.717) is 0 Å². The van der Waals surface area contributed by atoms with E-state index in [9.17, 15) is 9.59 Å². The van der Waals surface area contributed by atoms with E-state index in [1.54, 1.807) is 39.8 Å². The second-order valence-electron chi connectivity index (χ2n) is 4.94. The van der Waals surface area contributed by atoms with Gasteiger partial charge in [0.15, 0.2) is 0 Å². The fraction of sp³-hybridized carbons (Fsp3) is 0.818. The minimum atomic E-state index is -0.923. The topological polar surface area (TPSA) is 66.8 Å². The average Bonchev–Trinajstić information content (AvgIpc) is 1.98. The maximum atomic E-state index is 11.4. The number of rotatable bonds is 5. The predicted molar refractivity (Wildman–Crippen MR) is 60.2 cm³/mol. The number of nitrogens with zero attached hydrogens (tertiary/aromatic N) is 1. The molecule has 5 heteroatoms. The van der Waals surface area contributed by atoms with Gasteiger partial charge in [-0.1, -0.05) is 0 Å². The molecule has 0 aromatic heterocycles. The van der Waals surface area contributed by atoms with Crippen molar-refractivity contribution in [2.24, 2.45) is 0 Å². The molecule has 0 fully saturated rings. The highest BCUT2D eigenvalue weighted by Crippen LogP contribution is 2.11. The van der Waals surface area contributed by atoms with Gasteiger partial charge in [-0.15, -0.1) is 0 Å². The molecule has 0 spiro atoms. The maximum Gasteiger partial charge on any atom is 0.320 e. The molecule has 1 N–H and O–H groups in total. The van der Waals surface area contributed by atoms with Crippen LogP contribution in [0.5, 0.6) is 0 Å². The lowest BCUT2D eigenvalue weighted by Gasteiger charge is -2.22. The van der Waals surface area contributed by atoms with E-state index in [2.05, 4.69) is 0 Å². The van der Waals surface area contributed by atoms with Gasteiger partial charge in [0.25, 0.3) is 0 Å². The fourth-order valence-corrected chi connectivity index (χ4v) is 1.25. The first-order valence-corrected chi connectivity index (χ1v) is 5.24. The molecule has 0 saturated carbocycles. The molecule has 0 radical (unpaired) electrons. The van der Waals surface area contributed by atoms with Crippen molar-refractivity contribution in [2.45, 2.75) is 45.3 Å². The Balaban J connectivity index is 4.12. The van der Waals surface area contributed by atoms with Crippen LogP contribution in [0.4, 0.5) is 0 Å². The first-order valence-electron chi connectivity index (χ1n) is 5.24. The Morgan fingerprint density at radius 3 is 2.12 bits per heavy atom. The summed E-state index contributed by atoms with van der Waals surface area (Å²) < 4.78 is 5.10. The van der Waals surface area contributed by atoms with Crippen molar-refractivity contribution < 1.29 is 19.4 Å². The summed E-state index contributed by atoms with van der Waals surface area (Å²) in [7, 11) is 3.35. The second-order valence-corrected chi connectivity index (χ2v) is 4.94. The van der Waals surface area contributed by atoms with Gasteiger partial charge in [-0.2, -0.15) is 0 Å². The van der Waals surface area contributed by atoms with Crippen molar-refractivity contribution in [3.63, 3.8) is 0 Å². The van der Waals surface area contributed by atoms with E-state index in [-0.39, 0.29) is 18.8 Å². The van der Waals surface area contributed by atoms with Crippen LogP contribution in [-0.2, 0) is 14.3 Å². The lowest BCUT2D eigenvalue weighted by atomic mass is 10.1. The van der Waals surface area contributed by atoms with Crippen LogP contribution in [0.25, 0.3) is 0 Å². The molecule has 1 atom stereocenters. The normalized spacial score (nSPS) is 13.6. The summed E-state index contributed by atoms with van der Waals surface area (Å²) in [5.41, 5.74) is -0.520. The van der Waals surface area contributed by atoms with Gasteiger partial charge in [-0.05, 0) is 41.3 Å². The number of hydrogen-bond donors (Lipinski definition) is 1. The van der Waals surface area contributed by atoms with Crippen LogP contribution >= 0.6 is 0 Å². The van der Waals surface area contributed by atoms with Crippen LogP contribution in [-0.4, -0.2) is 47.7 Å².